The molecule has 1 unspecified atom stereocenters. The highest BCUT2D eigenvalue weighted by Gasteiger charge is 2.35. The van der Waals surface area contributed by atoms with E-state index in [0.29, 0.717) is 17.1 Å². The van der Waals surface area contributed by atoms with Gasteiger partial charge in [0.2, 0.25) is 0 Å². The van der Waals surface area contributed by atoms with Crippen LogP contribution in [0.15, 0.2) is 28.8 Å². The topological polar surface area (TPSA) is 51.2 Å². The van der Waals surface area contributed by atoms with E-state index >= 15 is 0 Å². The number of hydrogen-bond donors (Lipinski definition) is 1. The van der Waals surface area contributed by atoms with Gasteiger partial charge in [-0.05, 0) is 37.8 Å². The zero-order valence-corrected chi connectivity index (χ0v) is 18.3. The summed E-state index contributed by atoms with van der Waals surface area (Å²) in [6.45, 7) is 11.4. The van der Waals surface area contributed by atoms with Gasteiger partial charge in [0, 0.05) is 21.9 Å². The third-order valence-corrected chi connectivity index (χ3v) is 7.20. The van der Waals surface area contributed by atoms with E-state index < -0.39 is 22.0 Å². The summed E-state index contributed by atoms with van der Waals surface area (Å²) in [7, 11) is 0. The van der Waals surface area contributed by atoms with E-state index in [-0.39, 0.29) is 15.8 Å². The minimum absolute atomic E-state index is 0.00326. The number of aromatic nitrogens is 1. The Morgan fingerprint density at radius 3 is 2.35 bits per heavy atom. The van der Waals surface area contributed by atoms with Crippen LogP contribution in [0.25, 0.3) is 10.9 Å². The predicted octanol–water partition coefficient (Wildman–Crippen LogP) is 6.27. The van der Waals surface area contributed by atoms with Crippen LogP contribution in [-0.2, 0) is 17.3 Å². The van der Waals surface area contributed by atoms with Crippen LogP contribution >= 0.6 is 15.9 Å². The average molecular weight is 447 g/mol. The number of alkyl halides is 3. The smallest absolute Gasteiger partial charge is 0.314 e. The Labute approximate surface area is 165 Å². The van der Waals surface area contributed by atoms with Gasteiger partial charge in [0.15, 0.2) is 0 Å². The number of H-pyrrole nitrogens is 1. The summed E-state index contributed by atoms with van der Waals surface area (Å²) in [5.74, 6) is -3.31. The highest BCUT2D eigenvalue weighted by Crippen LogP contribution is 2.41. The van der Waals surface area contributed by atoms with E-state index in [1.54, 1.807) is 26.8 Å². The molecule has 0 bridgehead atoms. The van der Waals surface area contributed by atoms with Crippen molar-refractivity contribution in [2.24, 2.45) is 9.81 Å². The molecule has 2 atom stereocenters. The van der Waals surface area contributed by atoms with Crippen molar-refractivity contribution in [2.45, 2.75) is 57.0 Å². The van der Waals surface area contributed by atoms with Crippen LogP contribution in [0.5, 0.6) is 0 Å². The molecule has 3 nitrogen and oxygen atoms in total. The fourth-order valence-electron chi connectivity index (χ4n) is 2.42. The quantitative estimate of drug-likeness (QED) is 0.335. The molecule has 1 aromatic carbocycles. The summed E-state index contributed by atoms with van der Waals surface area (Å²) in [6.07, 6.45) is 1.79. The Kier molecular flexibility index (Phi) is 5.96. The van der Waals surface area contributed by atoms with Crippen LogP contribution in [0.3, 0.4) is 0 Å². The molecular weight excluding hydrogens is 422 g/mol. The van der Waals surface area contributed by atoms with Crippen molar-refractivity contribution < 1.29 is 13.3 Å². The molecule has 0 spiro atoms. The maximum absolute atomic E-state index is 14.6. The molecule has 0 aliphatic rings. The standard InChI is InChI=1S/C19H25BrF2N2OS/c1-17(2,3)16(20)12-7-8-13-14(10-23-15(13)9-12)19(21,22)11-24-26(25)18(4,5)6/h7-11,16,23H,1-6H3/t16-,26?/m1/s1. The van der Waals surface area contributed by atoms with Gasteiger partial charge in [-0.3, -0.25) is 0 Å². The molecule has 1 heterocycles. The third kappa shape index (κ3) is 4.67. The van der Waals surface area contributed by atoms with E-state index in [0.717, 1.165) is 5.56 Å². The Hall–Kier alpha value is -0.920. The van der Waals surface area contributed by atoms with E-state index in [2.05, 4.69) is 46.1 Å². The Bertz CT molecular complexity index is 806. The van der Waals surface area contributed by atoms with E-state index in [1.165, 1.54) is 6.20 Å². The summed E-state index contributed by atoms with van der Waals surface area (Å²) in [6, 6.07) is 5.42. The average Bonchev–Trinajstić information content (AvgIpc) is 2.93. The summed E-state index contributed by atoms with van der Waals surface area (Å²) in [4.78, 5) is 3.02. The number of fused-ring (bicyclic) bond motifs is 1. The first-order valence-electron chi connectivity index (χ1n) is 8.34. The van der Waals surface area contributed by atoms with Crippen molar-refractivity contribution in [1.29, 1.82) is 0 Å². The molecular formula is C19H25BrF2N2OS. The van der Waals surface area contributed by atoms with Crippen molar-refractivity contribution in [1.82, 2.24) is 4.98 Å². The normalized spacial score (nSPS) is 16.4. The largest absolute Gasteiger partial charge is 0.591 e. The monoisotopic (exact) mass is 446 g/mol. The highest BCUT2D eigenvalue weighted by molar-refractivity contribution is 9.09. The van der Waals surface area contributed by atoms with Gasteiger partial charge in [-0.2, -0.15) is 8.78 Å². The molecule has 0 radical (unpaired) electrons. The van der Waals surface area contributed by atoms with Gasteiger partial charge < -0.3 is 9.54 Å². The molecule has 1 aromatic heterocycles. The van der Waals surface area contributed by atoms with Crippen molar-refractivity contribution in [2.75, 3.05) is 0 Å². The molecule has 0 amide bonds. The third-order valence-electron chi connectivity index (χ3n) is 3.95. The number of halogens is 3. The lowest BCUT2D eigenvalue weighted by molar-refractivity contribution is 0.0839. The maximum atomic E-state index is 14.6. The first-order chi connectivity index (χ1) is 11.7. The Balaban J connectivity index is 2.37. The second-order valence-electron chi connectivity index (χ2n) is 8.45. The van der Waals surface area contributed by atoms with Crippen molar-refractivity contribution in [3.05, 3.63) is 35.5 Å². The first-order valence-corrected chi connectivity index (χ1v) is 10.4. The van der Waals surface area contributed by atoms with E-state index in [1.807, 2.05) is 12.1 Å². The number of nitrogens with one attached hydrogen (secondary N) is 1. The minimum Gasteiger partial charge on any atom is -0.591 e. The van der Waals surface area contributed by atoms with E-state index in [9.17, 15) is 13.3 Å². The van der Waals surface area contributed by atoms with Gasteiger partial charge in [-0.15, -0.1) is 0 Å². The maximum Gasteiger partial charge on any atom is 0.314 e. The van der Waals surface area contributed by atoms with Gasteiger partial charge in [0.25, 0.3) is 0 Å². The van der Waals surface area contributed by atoms with Crippen LogP contribution in [0, 0.1) is 5.41 Å². The molecule has 2 rings (SSSR count). The number of hydrogen-bond acceptors (Lipinski definition) is 2. The van der Waals surface area contributed by atoms with Crippen LogP contribution in [0.1, 0.15) is 57.5 Å². The second-order valence-corrected chi connectivity index (χ2v) is 11.3. The van der Waals surface area contributed by atoms with Crippen molar-refractivity contribution in [3.8, 4) is 0 Å². The number of nitrogens with zero attached hydrogens (tertiary/aromatic N) is 1. The molecule has 0 saturated heterocycles. The van der Waals surface area contributed by atoms with Gasteiger partial charge in [-0.25, -0.2) is 0 Å². The molecule has 0 saturated carbocycles. The molecule has 0 aliphatic carbocycles. The lowest BCUT2D eigenvalue weighted by Gasteiger charge is -2.26. The molecule has 2 aromatic rings. The first kappa shape index (κ1) is 21.4. The zero-order chi connectivity index (χ0) is 19.9. The molecule has 0 fully saturated rings. The predicted molar refractivity (Wildman–Crippen MR) is 110 cm³/mol. The van der Waals surface area contributed by atoms with Gasteiger partial charge in [0.05, 0.1) is 5.56 Å². The number of aromatic amines is 1. The van der Waals surface area contributed by atoms with Crippen molar-refractivity contribution in [3.63, 3.8) is 0 Å². The summed E-state index contributed by atoms with van der Waals surface area (Å²) >= 11 is 1.95. The Morgan fingerprint density at radius 2 is 1.81 bits per heavy atom. The Morgan fingerprint density at radius 1 is 1.19 bits per heavy atom. The summed E-state index contributed by atoms with van der Waals surface area (Å²) < 4.78 is 44.0. The van der Waals surface area contributed by atoms with E-state index in [4.69, 9.17) is 0 Å². The molecule has 26 heavy (non-hydrogen) atoms. The highest BCUT2D eigenvalue weighted by atomic mass is 79.9. The van der Waals surface area contributed by atoms with Gasteiger partial charge >= 0.3 is 5.92 Å². The van der Waals surface area contributed by atoms with Crippen LogP contribution < -0.4 is 0 Å². The minimum atomic E-state index is -3.31. The summed E-state index contributed by atoms with van der Waals surface area (Å²) in [5, 5.41) is 0.431. The van der Waals surface area contributed by atoms with Crippen LogP contribution in [-0.4, -0.2) is 20.5 Å². The molecule has 1 N–H and O–H groups in total. The van der Waals surface area contributed by atoms with Crippen LogP contribution in [0.2, 0.25) is 0 Å². The van der Waals surface area contributed by atoms with Crippen molar-refractivity contribution >= 4 is 44.4 Å². The zero-order valence-electron chi connectivity index (χ0n) is 15.9. The lowest BCUT2D eigenvalue weighted by Crippen LogP contribution is -2.27. The molecule has 0 aliphatic heterocycles. The molecule has 144 valence electrons. The second kappa shape index (κ2) is 7.24. The van der Waals surface area contributed by atoms with Crippen LogP contribution in [0.4, 0.5) is 8.78 Å². The number of rotatable bonds is 4. The SMILES string of the molecule is CC(C)(C)[C@H](Br)c1ccc2c(C(F)(F)C=N[S+]([O-])C(C)(C)C)c[nH]c2c1. The van der Waals surface area contributed by atoms with Gasteiger partial charge in [0.1, 0.15) is 22.3 Å². The molecule has 7 heteroatoms. The number of benzene rings is 1. The lowest BCUT2D eigenvalue weighted by atomic mass is 9.87. The summed E-state index contributed by atoms with van der Waals surface area (Å²) in [5.41, 5.74) is 1.48. The fourth-order valence-corrected chi connectivity index (χ4v) is 3.25. The fraction of sp³-hybridized carbons (Fsp3) is 0.526. The van der Waals surface area contributed by atoms with Gasteiger partial charge in [-0.1, -0.05) is 53.2 Å².